The molecular formula is C21H18ClN3O5. The zero-order chi connectivity index (χ0) is 21.1. The molecule has 8 nitrogen and oxygen atoms in total. The second-order valence-corrected chi connectivity index (χ2v) is 7.24. The number of non-ortho nitro benzene ring substituents is 1. The minimum Gasteiger partial charge on any atom is -0.420 e. The van der Waals surface area contributed by atoms with Crippen LogP contribution in [-0.2, 0) is 11.3 Å². The molecule has 0 bridgehead atoms. The van der Waals surface area contributed by atoms with Gasteiger partial charge in [0.2, 0.25) is 0 Å². The molecule has 0 unspecified atom stereocenters. The average molecular weight is 428 g/mol. The number of nitro benzene ring substituents is 1. The standard InChI is InChI=1S/C21H18ClN3O5/c22-18-12-15(13-24-8-10-29-11-9-24)20(19-17(18)2-1-7-23-19)30-21(26)14-3-5-16(6-4-14)25(27)28/h1-7,12H,8-11,13H2. The third-order valence-electron chi connectivity index (χ3n) is 4.88. The Bertz CT molecular complexity index is 1100. The smallest absolute Gasteiger partial charge is 0.343 e. The van der Waals surface area contributed by atoms with E-state index in [0.717, 1.165) is 18.7 Å². The minimum atomic E-state index is -0.623. The van der Waals surface area contributed by atoms with E-state index in [1.165, 1.54) is 24.3 Å². The number of hydrogen-bond donors (Lipinski definition) is 0. The molecule has 0 aliphatic carbocycles. The van der Waals surface area contributed by atoms with Gasteiger partial charge < -0.3 is 9.47 Å². The summed E-state index contributed by atoms with van der Waals surface area (Å²) in [6.07, 6.45) is 1.61. The molecule has 30 heavy (non-hydrogen) atoms. The van der Waals surface area contributed by atoms with Gasteiger partial charge in [0, 0.05) is 48.9 Å². The van der Waals surface area contributed by atoms with Gasteiger partial charge in [-0.1, -0.05) is 11.6 Å². The van der Waals surface area contributed by atoms with E-state index in [1.807, 2.05) is 6.07 Å². The maximum atomic E-state index is 12.8. The topological polar surface area (TPSA) is 94.8 Å². The van der Waals surface area contributed by atoms with E-state index < -0.39 is 10.9 Å². The first kappa shape index (κ1) is 20.2. The van der Waals surface area contributed by atoms with Gasteiger partial charge in [0.15, 0.2) is 5.75 Å². The van der Waals surface area contributed by atoms with E-state index in [1.54, 1.807) is 18.3 Å². The first-order valence-electron chi connectivity index (χ1n) is 9.36. The summed E-state index contributed by atoms with van der Waals surface area (Å²) in [7, 11) is 0. The quantitative estimate of drug-likeness (QED) is 0.264. The first-order valence-corrected chi connectivity index (χ1v) is 9.73. The number of rotatable bonds is 5. The number of ether oxygens (including phenoxy) is 2. The molecule has 1 fully saturated rings. The zero-order valence-corrected chi connectivity index (χ0v) is 16.7. The molecule has 1 saturated heterocycles. The van der Waals surface area contributed by atoms with Crippen LogP contribution in [0.1, 0.15) is 15.9 Å². The monoisotopic (exact) mass is 427 g/mol. The number of esters is 1. The number of fused-ring (bicyclic) bond motifs is 1. The van der Waals surface area contributed by atoms with Crippen LogP contribution in [0.4, 0.5) is 5.69 Å². The van der Waals surface area contributed by atoms with Gasteiger partial charge >= 0.3 is 5.97 Å². The lowest BCUT2D eigenvalue weighted by molar-refractivity contribution is -0.384. The molecule has 4 rings (SSSR count). The summed E-state index contributed by atoms with van der Waals surface area (Å²) < 4.78 is 11.2. The van der Waals surface area contributed by atoms with E-state index in [9.17, 15) is 14.9 Å². The molecule has 0 radical (unpaired) electrons. The zero-order valence-electron chi connectivity index (χ0n) is 15.9. The van der Waals surface area contributed by atoms with E-state index in [-0.39, 0.29) is 11.3 Å². The molecule has 154 valence electrons. The van der Waals surface area contributed by atoms with Crippen LogP contribution in [0, 0.1) is 10.1 Å². The number of aromatic nitrogens is 1. The van der Waals surface area contributed by atoms with Gasteiger partial charge in [-0.3, -0.25) is 20.0 Å². The predicted molar refractivity (Wildman–Crippen MR) is 111 cm³/mol. The summed E-state index contributed by atoms with van der Waals surface area (Å²) in [6, 6.07) is 10.6. The van der Waals surface area contributed by atoms with Crippen LogP contribution in [0.3, 0.4) is 0 Å². The van der Waals surface area contributed by atoms with E-state index in [0.29, 0.717) is 41.4 Å². The van der Waals surface area contributed by atoms with Crippen molar-refractivity contribution < 1.29 is 19.2 Å². The molecule has 2 heterocycles. The van der Waals surface area contributed by atoms with Gasteiger partial charge in [-0.15, -0.1) is 0 Å². The third kappa shape index (κ3) is 4.25. The van der Waals surface area contributed by atoms with E-state index in [2.05, 4.69) is 9.88 Å². The maximum Gasteiger partial charge on any atom is 0.343 e. The van der Waals surface area contributed by atoms with Crippen molar-refractivity contribution in [1.82, 2.24) is 9.88 Å². The number of carbonyl (C=O) groups excluding carboxylic acids is 1. The summed E-state index contributed by atoms with van der Waals surface area (Å²) in [5.41, 5.74) is 1.34. The Morgan fingerprint density at radius 2 is 1.97 bits per heavy atom. The van der Waals surface area contributed by atoms with Crippen molar-refractivity contribution in [3.8, 4) is 5.75 Å². The fourth-order valence-corrected chi connectivity index (χ4v) is 3.61. The lowest BCUT2D eigenvalue weighted by Crippen LogP contribution is -2.35. The van der Waals surface area contributed by atoms with E-state index >= 15 is 0 Å². The Labute approximate surface area is 177 Å². The SMILES string of the molecule is O=C(Oc1c(CN2CCOCC2)cc(Cl)c2cccnc12)c1ccc([N+](=O)[O-])cc1. The number of benzene rings is 2. The Morgan fingerprint density at radius 3 is 2.67 bits per heavy atom. The molecule has 0 atom stereocenters. The van der Waals surface area contributed by atoms with Gasteiger partial charge in [-0.2, -0.15) is 0 Å². The summed E-state index contributed by atoms with van der Waals surface area (Å²) in [5, 5.41) is 12.0. The highest BCUT2D eigenvalue weighted by Crippen LogP contribution is 2.35. The third-order valence-corrected chi connectivity index (χ3v) is 5.19. The number of morpholine rings is 1. The molecule has 0 amide bonds. The lowest BCUT2D eigenvalue weighted by atomic mass is 10.1. The number of pyridine rings is 1. The van der Waals surface area contributed by atoms with Crippen molar-refractivity contribution >= 4 is 34.2 Å². The molecular weight excluding hydrogens is 410 g/mol. The molecule has 1 aromatic heterocycles. The molecule has 0 saturated carbocycles. The Balaban J connectivity index is 1.70. The van der Waals surface area contributed by atoms with Gasteiger partial charge in [-0.25, -0.2) is 4.79 Å². The molecule has 1 aliphatic rings. The number of halogens is 1. The van der Waals surface area contributed by atoms with Crippen LogP contribution >= 0.6 is 11.6 Å². The predicted octanol–water partition coefficient (Wildman–Crippen LogP) is 3.85. The highest BCUT2D eigenvalue weighted by atomic mass is 35.5. The lowest BCUT2D eigenvalue weighted by Gasteiger charge is -2.27. The highest BCUT2D eigenvalue weighted by molar-refractivity contribution is 6.35. The molecule has 0 N–H and O–H groups in total. The minimum absolute atomic E-state index is 0.0989. The Morgan fingerprint density at radius 1 is 1.23 bits per heavy atom. The van der Waals surface area contributed by atoms with Gasteiger partial charge in [0.1, 0.15) is 5.52 Å². The molecule has 3 aromatic rings. The highest BCUT2D eigenvalue weighted by Gasteiger charge is 2.21. The average Bonchev–Trinajstić information content (AvgIpc) is 2.77. The fourth-order valence-electron chi connectivity index (χ4n) is 3.33. The van der Waals surface area contributed by atoms with E-state index in [4.69, 9.17) is 21.1 Å². The molecule has 0 spiro atoms. The van der Waals surface area contributed by atoms with Crippen LogP contribution in [0.25, 0.3) is 10.9 Å². The van der Waals surface area contributed by atoms with Gasteiger partial charge in [0.25, 0.3) is 5.69 Å². The summed E-state index contributed by atoms with van der Waals surface area (Å²) in [6.45, 7) is 3.31. The van der Waals surface area contributed by atoms with Crippen LogP contribution in [-0.4, -0.2) is 47.1 Å². The van der Waals surface area contributed by atoms with Gasteiger partial charge in [-0.05, 0) is 30.3 Å². The summed E-state index contributed by atoms with van der Waals surface area (Å²) in [4.78, 5) is 29.7. The van der Waals surface area contributed by atoms with Crippen molar-refractivity contribution in [2.24, 2.45) is 0 Å². The maximum absolute atomic E-state index is 12.8. The summed E-state index contributed by atoms with van der Waals surface area (Å²) >= 11 is 6.46. The number of nitro groups is 1. The van der Waals surface area contributed by atoms with Crippen molar-refractivity contribution in [2.45, 2.75) is 6.54 Å². The van der Waals surface area contributed by atoms with Crippen LogP contribution < -0.4 is 4.74 Å². The van der Waals surface area contributed by atoms with Gasteiger partial charge in [0.05, 0.1) is 28.7 Å². The Hall–Kier alpha value is -3.07. The summed E-state index contributed by atoms with van der Waals surface area (Å²) in [5.74, 6) is -0.285. The van der Waals surface area contributed by atoms with Crippen LogP contribution in [0.2, 0.25) is 5.02 Å². The van der Waals surface area contributed by atoms with Crippen molar-refractivity contribution in [3.05, 3.63) is 74.9 Å². The first-order chi connectivity index (χ1) is 14.5. The number of hydrogen-bond acceptors (Lipinski definition) is 7. The molecule has 2 aromatic carbocycles. The second kappa shape index (κ2) is 8.74. The van der Waals surface area contributed by atoms with Crippen LogP contribution in [0.15, 0.2) is 48.7 Å². The normalized spacial score (nSPS) is 14.6. The number of nitrogens with zero attached hydrogens (tertiary/aromatic N) is 3. The van der Waals surface area contributed by atoms with Crippen molar-refractivity contribution in [1.29, 1.82) is 0 Å². The van der Waals surface area contributed by atoms with Crippen LogP contribution in [0.5, 0.6) is 5.75 Å². The molecule has 9 heteroatoms. The molecule has 1 aliphatic heterocycles. The second-order valence-electron chi connectivity index (χ2n) is 6.83. The Kier molecular flexibility index (Phi) is 5.89. The largest absolute Gasteiger partial charge is 0.420 e. The fraction of sp³-hybridized carbons (Fsp3) is 0.238. The number of carbonyl (C=O) groups is 1. The van der Waals surface area contributed by atoms with Crippen molar-refractivity contribution in [2.75, 3.05) is 26.3 Å². The van der Waals surface area contributed by atoms with Crippen molar-refractivity contribution in [3.63, 3.8) is 0 Å².